The van der Waals surface area contributed by atoms with E-state index >= 15 is 0 Å². The first kappa shape index (κ1) is 12.6. The summed E-state index contributed by atoms with van der Waals surface area (Å²) in [6.45, 7) is 1.90. The first-order valence-electron chi connectivity index (χ1n) is 5.29. The van der Waals surface area contributed by atoms with Crippen LogP contribution in [0.1, 0.15) is 11.3 Å². The third-order valence-electron chi connectivity index (χ3n) is 2.51. The van der Waals surface area contributed by atoms with Crippen LogP contribution in [0.2, 0.25) is 0 Å². The zero-order valence-electron chi connectivity index (χ0n) is 9.67. The molecule has 0 saturated heterocycles. The number of carboxylic acids is 1. The average Bonchev–Trinajstić information content (AvgIpc) is 2.68. The molecule has 4 nitrogen and oxygen atoms in total. The van der Waals surface area contributed by atoms with Gasteiger partial charge in [-0.2, -0.15) is 5.10 Å². The van der Waals surface area contributed by atoms with Crippen LogP contribution in [-0.4, -0.2) is 20.9 Å². The summed E-state index contributed by atoms with van der Waals surface area (Å²) in [5.74, 6) is -0.968. The van der Waals surface area contributed by atoms with Crippen LogP contribution in [0.5, 0.6) is 0 Å². The number of halogens is 1. The van der Waals surface area contributed by atoms with Crippen molar-refractivity contribution in [1.82, 2.24) is 9.78 Å². The molecule has 0 aliphatic carbocycles. The van der Waals surface area contributed by atoms with Gasteiger partial charge in [-0.1, -0.05) is 22.0 Å². The second-order valence-electron chi connectivity index (χ2n) is 3.75. The number of aromatic nitrogens is 2. The van der Waals surface area contributed by atoms with Crippen LogP contribution < -0.4 is 0 Å². The smallest absolute Gasteiger partial charge is 0.328 e. The van der Waals surface area contributed by atoms with Crippen molar-refractivity contribution in [2.24, 2.45) is 0 Å². The van der Waals surface area contributed by atoms with Crippen molar-refractivity contribution in [3.05, 3.63) is 52.3 Å². The standard InChI is InChI=1S/C13H11BrN2O2/c1-9-10(5-6-13(17)18)8-15-16(9)12-4-2-3-11(14)7-12/h2-8H,1H3,(H,17,18)/b6-5+. The Morgan fingerprint density at radius 3 is 2.94 bits per heavy atom. The van der Waals surface area contributed by atoms with E-state index in [0.29, 0.717) is 0 Å². The molecule has 92 valence electrons. The normalized spacial score (nSPS) is 11.0. The molecule has 0 aliphatic rings. The maximum Gasteiger partial charge on any atom is 0.328 e. The van der Waals surface area contributed by atoms with Gasteiger partial charge in [-0.25, -0.2) is 9.48 Å². The first-order chi connectivity index (χ1) is 8.58. The van der Waals surface area contributed by atoms with E-state index in [2.05, 4.69) is 21.0 Å². The molecule has 2 aromatic rings. The van der Waals surface area contributed by atoms with Gasteiger partial charge in [0.1, 0.15) is 0 Å². The van der Waals surface area contributed by atoms with Crippen molar-refractivity contribution in [3.63, 3.8) is 0 Å². The topological polar surface area (TPSA) is 55.1 Å². The highest BCUT2D eigenvalue weighted by atomic mass is 79.9. The van der Waals surface area contributed by atoms with Crippen LogP contribution in [0.25, 0.3) is 11.8 Å². The summed E-state index contributed by atoms with van der Waals surface area (Å²) in [4.78, 5) is 10.5. The molecule has 0 amide bonds. The van der Waals surface area contributed by atoms with Crippen LogP contribution in [0.4, 0.5) is 0 Å². The van der Waals surface area contributed by atoms with Gasteiger partial charge in [0.15, 0.2) is 0 Å². The summed E-state index contributed by atoms with van der Waals surface area (Å²) in [7, 11) is 0. The predicted molar refractivity (Wildman–Crippen MR) is 72.7 cm³/mol. The van der Waals surface area contributed by atoms with Gasteiger partial charge in [0.05, 0.1) is 11.9 Å². The fourth-order valence-corrected chi connectivity index (χ4v) is 2.00. The average molecular weight is 307 g/mol. The van der Waals surface area contributed by atoms with Crippen LogP contribution in [0.15, 0.2) is 41.0 Å². The number of carboxylic acid groups (broad SMARTS) is 1. The summed E-state index contributed by atoms with van der Waals surface area (Å²) < 4.78 is 2.74. The fraction of sp³-hybridized carbons (Fsp3) is 0.0769. The maximum absolute atomic E-state index is 10.5. The zero-order chi connectivity index (χ0) is 13.1. The lowest BCUT2D eigenvalue weighted by molar-refractivity contribution is -0.131. The molecule has 1 heterocycles. The molecule has 1 aromatic carbocycles. The molecule has 0 bridgehead atoms. The summed E-state index contributed by atoms with van der Waals surface area (Å²) in [6.07, 6.45) is 4.30. The van der Waals surface area contributed by atoms with Crippen molar-refractivity contribution in [2.45, 2.75) is 6.92 Å². The third-order valence-corrected chi connectivity index (χ3v) is 3.00. The van der Waals surface area contributed by atoms with Crippen molar-refractivity contribution >= 4 is 28.0 Å². The Hall–Kier alpha value is -1.88. The molecular formula is C13H11BrN2O2. The van der Waals surface area contributed by atoms with E-state index in [1.165, 1.54) is 0 Å². The highest BCUT2D eigenvalue weighted by Crippen LogP contribution is 2.18. The minimum Gasteiger partial charge on any atom is -0.478 e. The Bertz CT molecular complexity index is 617. The monoisotopic (exact) mass is 306 g/mol. The van der Waals surface area contributed by atoms with E-state index in [4.69, 9.17) is 5.11 Å². The van der Waals surface area contributed by atoms with E-state index in [1.807, 2.05) is 31.2 Å². The van der Waals surface area contributed by atoms with Gasteiger partial charge in [0.25, 0.3) is 0 Å². The Balaban J connectivity index is 2.39. The Labute approximate surface area is 113 Å². The summed E-state index contributed by atoms with van der Waals surface area (Å²) in [5, 5.41) is 12.9. The molecule has 0 fully saturated rings. The summed E-state index contributed by atoms with van der Waals surface area (Å²) in [6, 6.07) is 7.75. The summed E-state index contributed by atoms with van der Waals surface area (Å²) >= 11 is 3.41. The second kappa shape index (κ2) is 5.18. The van der Waals surface area contributed by atoms with Crippen LogP contribution in [0, 0.1) is 6.92 Å². The Morgan fingerprint density at radius 1 is 1.50 bits per heavy atom. The molecule has 0 spiro atoms. The second-order valence-corrected chi connectivity index (χ2v) is 4.66. The van der Waals surface area contributed by atoms with E-state index in [9.17, 15) is 4.79 Å². The van der Waals surface area contributed by atoms with Gasteiger partial charge in [-0.3, -0.25) is 0 Å². The molecule has 0 saturated carbocycles. The number of rotatable bonds is 3. The predicted octanol–water partition coefficient (Wildman–Crippen LogP) is 3.04. The highest BCUT2D eigenvalue weighted by molar-refractivity contribution is 9.10. The molecule has 5 heteroatoms. The molecule has 0 radical (unpaired) electrons. The van der Waals surface area contributed by atoms with Gasteiger partial charge in [-0.05, 0) is 31.2 Å². The van der Waals surface area contributed by atoms with E-state index < -0.39 is 5.97 Å². The number of hydrogen-bond donors (Lipinski definition) is 1. The van der Waals surface area contributed by atoms with E-state index in [1.54, 1.807) is 17.0 Å². The lowest BCUT2D eigenvalue weighted by Crippen LogP contribution is -1.98. The molecule has 0 aliphatic heterocycles. The third kappa shape index (κ3) is 2.68. The minimum atomic E-state index is -0.968. The van der Waals surface area contributed by atoms with Gasteiger partial charge in [0.2, 0.25) is 0 Å². The molecule has 0 unspecified atom stereocenters. The molecule has 1 aromatic heterocycles. The van der Waals surface area contributed by atoms with Gasteiger partial charge in [0, 0.05) is 21.8 Å². The maximum atomic E-state index is 10.5. The first-order valence-corrected chi connectivity index (χ1v) is 6.09. The fourth-order valence-electron chi connectivity index (χ4n) is 1.62. The number of carbonyl (C=O) groups is 1. The Morgan fingerprint density at radius 2 is 2.28 bits per heavy atom. The van der Waals surface area contributed by atoms with Crippen LogP contribution >= 0.6 is 15.9 Å². The molecule has 18 heavy (non-hydrogen) atoms. The quantitative estimate of drug-likeness (QED) is 0.887. The molecule has 2 rings (SSSR count). The molecule has 0 atom stereocenters. The SMILES string of the molecule is Cc1c(/C=C/C(=O)O)cnn1-c1cccc(Br)c1. The lowest BCUT2D eigenvalue weighted by Gasteiger charge is -2.04. The van der Waals surface area contributed by atoms with E-state index in [0.717, 1.165) is 27.5 Å². The van der Waals surface area contributed by atoms with Gasteiger partial charge < -0.3 is 5.11 Å². The molecule has 1 N–H and O–H groups in total. The van der Waals surface area contributed by atoms with Gasteiger partial charge in [-0.15, -0.1) is 0 Å². The van der Waals surface area contributed by atoms with E-state index in [-0.39, 0.29) is 0 Å². The van der Waals surface area contributed by atoms with Crippen molar-refractivity contribution in [1.29, 1.82) is 0 Å². The zero-order valence-corrected chi connectivity index (χ0v) is 11.3. The summed E-state index contributed by atoms with van der Waals surface area (Å²) in [5.41, 5.74) is 2.61. The largest absolute Gasteiger partial charge is 0.478 e. The van der Waals surface area contributed by atoms with Crippen LogP contribution in [-0.2, 0) is 4.79 Å². The van der Waals surface area contributed by atoms with Crippen molar-refractivity contribution < 1.29 is 9.90 Å². The highest BCUT2D eigenvalue weighted by Gasteiger charge is 2.06. The van der Waals surface area contributed by atoms with Gasteiger partial charge >= 0.3 is 5.97 Å². The number of aliphatic carboxylic acids is 1. The van der Waals surface area contributed by atoms with Crippen LogP contribution in [0.3, 0.4) is 0 Å². The lowest BCUT2D eigenvalue weighted by atomic mass is 10.2. The Kier molecular flexibility index (Phi) is 3.62. The van der Waals surface area contributed by atoms with Crippen molar-refractivity contribution in [3.8, 4) is 5.69 Å². The number of benzene rings is 1. The molecular weight excluding hydrogens is 296 g/mol. The number of hydrogen-bond acceptors (Lipinski definition) is 2. The number of nitrogens with zero attached hydrogens (tertiary/aromatic N) is 2. The minimum absolute atomic E-state index is 0.789. The van der Waals surface area contributed by atoms with Crippen molar-refractivity contribution in [2.75, 3.05) is 0 Å².